The van der Waals surface area contributed by atoms with E-state index in [4.69, 9.17) is 9.84 Å². The smallest absolute Gasteiger partial charge is 0.388 e. The monoisotopic (exact) mass is 576 g/mol. The van der Waals surface area contributed by atoms with Crippen LogP contribution in [-0.2, 0) is 37.1 Å². The Kier molecular flexibility index (Phi) is 9.06. The van der Waals surface area contributed by atoms with Crippen LogP contribution in [0.4, 0.5) is 4.39 Å². The first-order chi connectivity index (χ1) is 19.1. The number of benzene rings is 2. The molecular weight excluding hydrogens is 543 g/mol. The lowest BCUT2D eigenvalue weighted by molar-refractivity contribution is -0.143. The normalized spacial score (nSPS) is 16.0. The number of hydrogen-bond donors (Lipinski definition) is 2. The zero-order valence-corrected chi connectivity index (χ0v) is 23.4. The van der Waals surface area contributed by atoms with Crippen molar-refractivity contribution in [3.8, 4) is 0 Å². The molecule has 0 fully saturated rings. The topological polar surface area (TPSA) is 144 Å². The number of aliphatic hydroxyl groups excluding tert-OH is 2. The molecular formula is C27H33FN4O7S. The Morgan fingerprint density at radius 3 is 2.70 bits per heavy atom. The van der Waals surface area contributed by atoms with Crippen LogP contribution in [0.5, 0.6) is 0 Å². The summed E-state index contributed by atoms with van der Waals surface area (Å²) < 4.78 is 52.7. The highest BCUT2D eigenvalue weighted by molar-refractivity contribution is 7.84. The van der Waals surface area contributed by atoms with Gasteiger partial charge in [-0.2, -0.15) is 12.7 Å². The van der Waals surface area contributed by atoms with E-state index in [0.29, 0.717) is 29.6 Å². The largest absolute Gasteiger partial charge is 0.480 e. The van der Waals surface area contributed by atoms with Gasteiger partial charge in [-0.1, -0.05) is 17.3 Å². The molecule has 2 aromatic carbocycles. The molecule has 216 valence electrons. The van der Waals surface area contributed by atoms with Crippen molar-refractivity contribution in [2.24, 2.45) is 0 Å². The second kappa shape index (κ2) is 12.3. The number of unbranched alkanes of at least 4 members (excludes halogenated alkanes) is 1. The highest BCUT2D eigenvalue weighted by atomic mass is 32.2. The van der Waals surface area contributed by atoms with Gasteiger partial charge in [0.1, 0.15) is 11.3 Å². The third-order valence-electron chi connectivity index (χ3n) is 7.01. The highest BCUT2D eigenvalue weighted by Crippen LogP contribution is 2.36. The van der Waals surface area contributed by atoms with Gasteiger partial charge in [-0.05, 0) is 73.6 Å². The van der Waals surface area contributed by atoms with Crippen LogP contribution in [0.1, 0.15) is 59.9 Å². The molecule has 3 aromatic rings. The molecule has 0 radical (unpaired) electrons. The first-order valence-corrected chi connectivity index (χ1v) is 14.4. The first kappa shape index (κ1) is 29.4. The van der Waals surface area contributed by atoms with Gasteiger partial charge in [-0.25, -0.2) is 9.07 Å². The molecule has 1 atom stereocenters. The Morgan fingerprint density at radius 1 is 1.23 bits per heavy atom. The van der Waals surface area contributed by atoms with Crippen molar-refractivity contribution in [2.45, 2.75) is 59.0 Å². The van der Waals surface area contributed by atoms with Crippen LogP contribution in [0, 0.1) is 19.7 Å². The number of hydrogen-bond acceptors (Lipinski definition) is 9. The van der Waals surface area contributed by atoms with Gasteiger partial charge in [-0.3, -0.25) is 4.79 Å². The number of carbonyl (C=O) groups excluding carboxylic acids is 1. The molecule has 0 amide bonds. The van der Waals surface area contributed by atoms with Gasteiger partial charge in [0.15, 0.2) is 0 Å². The van der Waals surface area contributed by atoms with Gasteiger partial charge >= 0.3 is 16.3 Å². The fraction of sp³-hybridized carbons (Fsp3) is 0.444. The van der Waals surface area contributed by atoms with Crippen molar-refractivity contribution in [1.82, 2.24) is 19.3 Å². The van der Waals surface area contributed by atoms with Crippen molar-refractivity contribution < 1.29 is 36.7 Å². The average Bonchev–Trinajstić information content (AvgIpc) is 3.31. The molecule has 0 bridgehead atoms. The molecule has 13 heteroatoms. The summed E-state index contributed by atoms with van der Waals surface area (Å²) in [5.74, 6) is -2.34. The fourth-order valence-corrected chi connectivity index (χ4v) is 5.76. The maximum atomic E-state index is 15.3. The number of esters is 1. The van der Waals surface area contributed by atoms with Gasteiger partial charge in [-0.15, -0.1) is 5.10 Å². The molecule has 2 heterocycles. The molecule has 40 heavy (non-hydrogen) atoms. The third kappa shape index (κ3) is 6.26. The number of carbonyl (C=O) groups is 1. The van der Waals surface area contributed by atoms with Crippen LogP contribution < -0.4 is 0 Å². The summed E-state index contributed by atoms with van der Waals surface area (Å²) >= 11 is 0. The Morgan fingerprint density at radius 2 is 2.00 bits per heavy atom. The number of fused-ring (bicyclic) bond motifs is 1. The highest BCUT2D eigenvalue weighted by Gasteiger charge is 2.31. The van der Waals surface area contributed by atoms with Crippen LogP contribution in [0.25, 0.3) is 11.0 Å². The van der Waals surface area contributed by atoms with Crippen LogP contribution in [0.2, 0.25) is 0 Å². The number of rotatable bonds is 11. The molecule has 0 saturated heterocycles. The maximum Gasteiger partial charge on any atom is 0.388 e. The standard InChI is InChI=1S/C27H33FN4O7S/c1-4-38-26(35)15-22(21-7-8-24-27(18(21)3)29-30-32(24)10-5-6-12-33)19-13-20(17(2)23(28)14-19)16-31-11-9-25(34)39-40(31,36)37/h7-9,13-14,22,33-34H,4-6,10-12,15-16H2,1-3H3. The Balaban J connectivity index is 1.76. The lowest BCUT2D eigenvalue weighted by Gasteiger charge is -2.25. The SMILES string of the molecule is CCOC(=O)CC(c1cc(F)c(C)c(CN2CC=C(O)OS2(=O)=O)c1)c1ccc2c(nnn2CCCCO)c1C. The van der Waals surface area contributed by atoms with E-state index >= 15 is 4.39 Å². The molecule has 0 spiro atoms. The first-order valence-electron chi connectivity index (χ1n) is 13.0. The predicted molar refractivity (Wildman–Crippen MR) is 144 cm³/mol. The molecule has 1 aromatic heterocycles. The minimum absolute atomic E-state index is 0.0749. The van der Waals surface area contributed by atoms with E-state index in [9.17, 15) is 18.3 Å². The summed E-state index contributed by atoms with van der Waals surface area (Å²) in [6.45, 7) is 5.64. The van der Waals surface area contributed by atoms with E-state index in [1.165, 1.54) is 12.1 Å². The van der Waals surface area contributed by atoms with Crippen molar-refractivity contribution in [1.29, 1.82) is 0 Å². The quantitative estimate of drug-likeness (QED) is 0.259. The number of aryl methyl sites for hydroxylation is 2. The van der Waals surface area contributed by atoms with Gasteiger partial charge in [0.05, 0.1) is 18.5 Å². The Hall–Kier alpha value is -3.55. The third-order valence-corrected chi connectivity index (χ3v) is 8.30. The van der Waals surface area contributed by atoms with Crippen molar-refractivity contribution in [3.63, 3.8) is 0 Å². The Bertz CT molecular complexity index is 1540. The van der Waals surface area contributed by atoms with E-state index in [-0.39, 0.29) is 38.3 Å². The van der Waals surface area contributed by atoms with E-state index in [1.54, 1.807) is 24.6 Å². The van der Waals surface area contributed by atoms with Gasteiger partial charge in [0, 0.05) is 38.2 Å². The summed E-state index contributed by atoms with van der Waals surface area (Å²) in [6, 6.07) is 6.76. The number of nitrogens with zero attached hydrogens (tertiary/aromatic N) is 4. The second-order valence-electron chi connectivity index (χ2n) is 9.62. The van der Waals surface area contributed by atoms with E-state index < -0.39 is 34.0 Å². The average molecular weight is 577 g/mol. The number of ether oxygens (including phenoxy) is 1. The van der Waals surface area contributed by atoms with Crippen LogP contribution in [0.3, 0.4) is 0 Å². The molecule has 0 aliphatic carbocycles. The molecule has 1 aliphatic heterocycles. The summed E-state index contributed by atoms with van der Waals surface area (Å²) in [5.41, 5.74) is 4.07. The predicted octanol–water partition coefficient (Wildman–Crippen LogP) is 3.52. The molecule has 4 rings (SSSR count). The van der Waals surface area contributed by atoms with Crippen LogP contribution in [-0.4, -0.2) is 63.7 Å². The molecule has 2 N–H and O–H groups in total. The number of aromatic nitrogens is 3. The molecule has 11 nitrogen and oxygen atoms in total. The van der Waals surface area contributed by atoms with E-state index in [1.807, 2.05) is 19.1 Å². The summed E-state index contributed by atoms with van der Waals surface area (Å²) in [5, 5.41) is 27.2. The summed E-state index contributed by atoms with van der Waals surface area (Å²) in [6.07, 6.45) is 2.51. The van der Waals surface area contributed by atoms with Crippen molar-refractivity contribution >= 4 is 27.3 Å². The van der Waals surface area contributed by atoms with Crippen molar-refractivity contribution in [2.75, 3.05) is 19.8 Å². The lowest BCUT2D eigenvalue weighted by atomic mass is 9.84. The van der Waals surface area contributed by atoms with Crippen LogP contribution in [0.15, 0.2) is 36.3 Å². The zero-order chi connectivity index (χ0) is 29.0. The molecule has 1 unspecified atom stereocenters. The molecule has 1 aliphatic rings. The Labute approximate surface area is 232 Å². The van der Waals surface area contributed by atoms with Crippen molar-refractivity contribution in [3.05, 3.63) is 69.9 Å². The van der Waals surface area contributed by atoms with Crippen LogP contribution >= 0.6 is 0 Å². The number of halogens is 1. The minimum atomic E-state index is -4.26. The van der Waals surface area contributed by atoms with Gasteiger partial charge in [0.2, 0.25) is 0 Å². The van der Waals surface area contributed by atoms with Gasteiger partial charge in [0.25, 0.3) is 5.95 Å². The van der Waals surface area contributed by atoms with Gasteiger partial charge < -0.3 is 19.1 Å². The number of aliphatic hydroxyl groups is 2. The summed E-state index contributed by atoms with van der Waals surface area (Å²) in [7, 11) is -4.26. The van der Waals surface area contributed by atoms with E-state index in [0.717, 1.165) is 27.4 Å². The van der Waals surface area contributed by atoms with E-state index in [2.05, 4.69) is 14.5 Å². The fourth-order valence-electron chi connectivity index (χ4n) is 4.82. The second-order valence-corrected chi connectivity index (χ2v) is 11.2. The maximum absolute atomic E-state index is 15.3. The summed E-state index contributed by atoms with van der Waals surface area (Å²) in [4.78, 5) is 12.7. The molecule has 0 saturated carbocycles. The minimum Gasteiger partial charge on any atom is -0.480 e. The lowest BCUT2D eigenvalue weighted by Crippen LogP contribution is -2.35. The zero-order valence-electron chi connectivity index (χ0n) is 22.6.